The molecule has 1 heterocycles. The van der Waals surface area contributed by atoms with Crippen LogP contribution < -0.4 is 10.2 Å². The second-order valence-corrected chi connectivity index (χ2v) is 9.80. The summed E-state index contributed by atoms with van der Waals surface area (Å²) in [5.74, 6) is -0.205. The van der Waals surface area contributed by atoms with Gasteiger partial charge in [-0.05, 0) is 72.9 Å². The molecule has 1 aliphatic heterocycles. The van der Waals surface area contributed by atoms with E-state index < -0.39 is 0 Å². The van der Waals surface area contributed by atoms with Gasteiger partial charge in [-0.15, -0.1) is 0 Å². The summed E-state index contributed by atoms with van der Waals surface area (Å²) in [7, 11) is 0. The number of benzene rings is 3. The molecule has 3 amide bonds. The molecule has 5 nitrogen and oxygen atoms in total. The highest BCUT2D eigenvalue weighted by Gasteiger charge is 2.64. The smallest absolute Gasteiger partial charge is 0.255 e. The molecule has 0 aromatic heterocycles. The fourth-order valence-electron chi connectivity index (χ4n) is 6.49. The lowest BCUT2D eigenvalue weighted by Gasteiger charge is -2.28. The third-order valence-electron chi connectivity index (χ3n) is 8.00. The van der Waals surface area contributed by atoms with E-state index in [-0.39, 0.29) is 41.4 Å². The van der Waals surface area contributed by atoms with Crippen LogP contribution in [0.3, 0.4) is 0 Å². The van der Waals surface area contributed by atoms with Crippen molar-refractivity contribution < 1.29 is 14.4 Å². The number of nitrogens with zero attached hydrogens (tertiary/aromatic N) is 1. The average molecular weight is 451 g/mol. The van der Waals surface area contributed by atoms with Crippen molar-refractivity contribution in [3.63, 3.8) is 0 Å². The number of nitrogens with one attached hydrogen (secondary N) is 1. The Labute approximate surface area is 198 Å². The van der Waals surface area contributed by atoms with Crippen molar-refractivity contribution in [3.8, 4) is 0 Å². The maximum absolute atomic E-state index is 13.6. The first-order valence-corrected chi connectivity index (χ1v) is 11.9. The predicted molar refractivity (Wildman–Crippen MR) is 130 cm³/mol. The number of hydrogen-bond acceptors (Lipinski definition) is 3. The van der Waals surface area contributed by atoms with Crippen LogP contribution in [0.2, 0.25) is 0 Å². The molecule has 3 aromatic carbocycles. The number of hydrogen-bond donors (Lipinski definition) is 1. The SMILES string of the molecule is Cc1ccccc1NC(=O)c1cccc(N2C(=O)[C@@H]3[C@H]4C[C@@H]([C@@H]3C2=O)[C@@H](c2ccccc2)C4)c1. The zero-order valence-corrected chi connectivity index (χ0v) is 19.0. The number of carbonyl (C=O) groups is 3. The van der Waals surface area contributed by atoms with Gasteiger partial charge in [0, 0.05) is 11.3 Å². The number of rotatable bonds is 4. The van der Waals surface area contributed by atoms with Gasteiger partial charge in [-0.2, -0.15) is 0 Å². The van der Waals surface area contributed by atoms with Crippen molar-refractivity contribution in [3.05, 3.63) is 95.6 Å². The van der Waals surface area contributed by atoms with Crippen LogP contribution in [0, 0.1) is 30.6 Å². The molecule has 1 saturated heterocycles. The van der Waals surface area contributed by atoms with Crippen molar-refractivity contribution in [2.24, 2.45) is 23.7 Å². The fraction of sp³-hybridized carbons (Fsp3) is 0.276. The summed E-state index contributed by atoms with van der Waals surface area (Å²) in [6.07, 6.45) is 1.90. The Bertz CT molecular complexity index is 1300. The average Bonchev–Trinajstić information content (AvgIpc) is 3.52. The first-order chi connectivity index (χ1) is 16.5. The Morgan fingerprint density at radius 2 is 1.59 bits per heavy atom. The summed E-state index contributed by atoms with van der Waals surface area (Å²) >= 11 is 0. The van der Waals surface area contributed by atoms with E-state index in [1.54, 1.807) is 24.3 Å². The van der Waals surface area contributed by atoms with Crippen molar-refractivity contribution in [2.45, 2.75) is 25.7 Å². The zero-order chi connectivity index (χ0) is 23.4. The van der Waals surface area contributed by atoms with Gasteiger partial charge in [0.15, 0.2) is 0 Å². The lowest BCUT2D eigenvalue weighted by molar-refractivity contribution is -0.123. The Morgan fingerprint density at radius 1 is 0.853 bits per heavy atom. The van der Waals surface area contributed by atoms with Gasteiger partial charge in [-0.25, -0.2) is 0 Å². The Morgan fingerprint density at radius 3 is 2.38 bits per heavy atom. The standard InChI is InChI=1S/C29H26N2O3/c1-17-8-5-6-13-24(17)30-27(32)19-11-7-12-21(14-19)31-28(33)25-20-15-22(18-9-3-2-4-10-18)23(16-20)26(25)29(31)34/h2-14,20,22-23,25-26H,15-16H2,1H3,(H,30,32)/t20-,22-,23-,25-,26+/m1/s1. The van der Waals surface area contributed by atoms with Crippen LogP contribution in [-0.4, -0.2) is 17.7 Å². The van der Waals surface area contributed by atoms with Crippen LogP contribution in [0.15, 0.2) is 78.9 Å². The molecule has 2 aliphatic carbocycles. The molecule has 0 radical (unpaired) electrons. The minimum absolute atomic E-state index is 0.106. The highest BCUT2D eigenvalue weighted by molar-refractivity contribution is 6.23. The molecular formula is C29H26N2O3. The molecule has 2 saturated carbocycles. The fourth-order valence-corrected chi connectivity index (χ4v) is 6.49. The molecular weight excluding hydrogens is 424 g/mol. The van der Waals surface area contributed by atoms with Gasteiger partial charge in [0.1, 0.15) is 0 Å². The third kappa shape index (κ3) is 3.18. The van der Waals surface area contributed by atoms with E-state index >= 15 is 0 Å². The van der Waals surface area contributed by atoms with E-state index in [1.807, 2.05) is 49.4 Å². The molecule has 0 spiro atoms. The van der Waals surface area contributed by atoms with Crippen molar-refractivity contribution in [2.75, 3.05) is 10.2 Å². The van der Waals surface area contributed by atoms with Crippen molar-refractivity contribution in [1.82, 2.24) is 0 Å². The second kappa shape index (κ2) is 7.94. The minimum Gasteiger partial charge on any atom is -0.322 e. The molecule has 3 aliphatic rings. The van der Waals surface area contributed by atoms with Gasteiger partial charge < -0.3 is 5.32 Å². The highest BCUT2D eigenvalue weighted by Crippen LogP contribution is 2.61. The van der Waals surface area contributed by atoms with Crippen LogP contribution >= 0.6 is 0 Å². The summed E-state index contributed by atoms with van der Waals surface area (Å²) in [5.41, 5.74) is 3.88. The number of fused-ring (bicyclic) bond motifs is 5. The first kappa shape index (κ1) is 20.8. The van der Waals surface area contributed by atoms with Gasteiger partial charge in [0.05, 0.1) is 17.5 Å². The van der Waals surface area contributed by atoms with Gasteiger partial charge in [-0.3, -0.25) is 19.3 Å². The molecule has 6 rings (SSSR count). The topological polar surface area (TPSA) is 66.5 Å². The molecule has 1 N–H and O–H groups in total. The van der Waals surface area contributed by atoms with E-state index in [4.69, 9.17) is 0 Å². The van der Waals surface area contributed by atoms with Crippen LogP contribution in [-0.2, 0) is 9.59 Å². The van der Waals surface area contributed by atoms with E-state index in [9.17, 15) is 14.4 Å². The van der Waals surface area contributed by atoms with Gasteiger partial charge in [-0.1, -0.05) is 54.6 Å². The van der Waals surface area contributed by atoms with Gasteiger partial charge in [0.25, 0.3) is 5.91 Å². The van der Waals surface area contributed by atoms with Crippen molar-refractivity contribution >= 4 is 29.1 Å². The summed E-state index contributed by atoms with van der Waals surface area (Å²) in [4.78, 5) is 41.3. The predicted octanol–water partition coefficient (Wildman–Crippen LogP) is 5.18. The van der Waals surface area contributed by atoms with Gasteiger partial charge in [0.2, 0.25) is 11.8 Å². The molecule has 3 fully saturated rings. The normalized spacial score (nSPS) is 27.2. The molecule has 5 heteroatoms. The number of aryl methyl sites for hydroxylation is 1. The third-order valence-corrected chi connectivity index (χ3v) is 8.00. The number of amides is 3. The molecule has 2 bridgehead atoms. The molecule has 34 heavy (non-hydrogen) atoms. The maximum atomic E-state index is 13.6. The molecule has 170 valence electrons. The van der Waals surface area contributed by atoms with E-state index in [0.717, 1.165) is 24.1 Å². The zero-order valence-electron chi connectivity index (χ0n) is 19.0. The Kier molecular flexibility index (Phi) is 4.87. The second-order valence-electron chi connectivity index (χ2n) is 9.80. The number of imide groups is 1. The number of carbonyl (C=O) groups excluding carboxylic acids is 3. The molecule has 5 atom stereocenters. The first-order valence-electron chi connectivity index (χ1n) is 11.9. The highest BCUT2D eigenvalue weighted by atomic mass is 16.2. The summed E-state index contributed by atoms with van der Waals surface area (Å²) in [6, 6.07) is 24.8. The Hall–Kier alpha value is -3.73. The quantitative estimate of drug-likeness (QED) is 0.557. The summed E-state index contributed by atoms with van der Waals surface area (Å²) < 4.78 is 0. The van der Waals surface area contributed by atoms with E-state index in [0.29, 0.717) is 17.2 Å². The summed E-state index contributed by atoms with van der Waals surface area (Å²) in [5, 5.41) is 2.93. The van der Waals surface area contributed by atoms with E-state index in [2.05, 4.69) is 17.4 Å². The van der Waals surface area contributed by atoms with Gasteiger partial charge >= 0.3 is 0 Å². The minimum atomic E-state index is -0.264. The molecule has 3 aromatic rings. The number of para-hydroxylation sites is 1. The van der Waals surface area contributed by atoms with Crippen LogP contribution in [0.4, 0.5) is 11.4 Å². The van der Waals surface area contributed by atoms with Crippen LogP contribution in [0.1, 0.15) is 40.2 Å². The monoisotopic (exact) mass is 450 g/mol. The summed E-state index contributed by atoms with van der Waals surface area (Å²) in [6.45, 7) is 1.93. The van der Waals surface area contributed by atoms with Crippen LogP contribution in [0.5, 0.6) is 0 Å². The molecule has 0 unspecified atom stereocenters. The lowest BCUT2D eigenvalue weighted by atomic mass is 9.73. The maximum Gasteiger partial charge on any atom is 0.255 e. The number of anilines is 2. The van der Waals surface area contributed by atoms with Crippen molar-refractivity contribution in [1.29, 1.82) is 0 Å². The largest absolute Gasteiger partial charge is 0.322 e. The van der Waals surface area contributed by atoms with Crippen LogP contribution in [0.25, 0.3) is 0 Å². The lowest BCUT2D eigenvalue weighted by Crippen LogP contribution is -2.33. The Balaban J connectivity index is 1.26. The van der Waals surface area contributed by atoms with E-state index in [1.165, 1.54) is 10.5 Å².